The van der Waals surface area contributed by atoms with E-state index in [1.807, 2.05) is 24.3 Å². The Balaban J connectivity index is 1.92. The van der Waals surface area contributed by atoms with Gasteiger partial charge >= 0.3 is 0 Å². The van der Waals surface area contributed by atoms with Crippen LogP contribution in [-0.2, 0) is 17.9 Å². The maximum atomic E-state index is 13.0. The Morgan fingerprint density at radius 2 is 1.95 bits per heavy atom. The average Bonchev–Trinajstić information content (AvgIpc) is 2.47. The first-order valence-electron chi connectivity index (χ1n) is 6.25. The molecule has 0 amide bonds. The number of pyridine rings is 1. The van der Waals surface area contributed by atoms with Crippen molar-refractivity contribution in [2.24, 2.45) is 5.16 Å². The summed E-state index contributed by atoms with van der Waals surface area (Å²) in [6.07, 6.45) is 1.87. The molecule has 0 atom stereocenters. The van der Waals surface area contributed by atoms with Gasteiger partial charge in [-0.15, -0.1) is 0 Å². The van der Waals surface area contributed by atoms with Crippen molar-refractivity contribution in [2.75, 3.05) is 7.11 Å². The number of hydrogen-bond acceptors (Lipinski definition) is 4. The molecule has 0 saturated heterocycles. The Morgan fingerprint density at radius 1 is 1.24 bits per heavy atom. The van der Waals surface area contributed by atoms with Crippen LogP contribution in [0.2, 0.25) is 0 Å². The highest BCUT2D eigenvalue weighted by atomic mass is 35.5. The van der Waals surface area contributed by atoms with E-state index in [0.29, 0.717) is 18.2 Å². The Bertz CT molecular complexity index is 617. The molecular weight excluding hydrogens is 295 g/mol. The van der Waals surface area contributed by atoms with E-state index in [1.54, 1.807) is 0 Å². The molecule has 21 heavy (non-hydrogen) atoms. The number of oxime groups is 1. The monoisotopic (exact) mass is 308 g/mol. The first-order valence-corrected chi connectivity index (χ1v) is 6.63. The molecule has 0 radical (unpaired) electrons. The van der Waals surface area contributed by atoms with Gasteiger partial charge in [0.1, 0.15) is 24.7 Å². The van der Waals surface area contributed by atoms with Gasteiger partial charge in [0.2, 0.25) is 5.88 Å². The molecule has 0 fully saturated rings. The molecule has 0 aliphatic heterocycles. The maximum absolute atomic E-state index is 13.0. The van der Waals surface area contributed by atoms with Crippen LogP contribution in [0.4, 0.5) is 4.39 Å². The number of nitrogens with zero attached hydrogens (tertiary/aromatic N) is 2. The summed E-state index contributed by atoms with van der Waals surface area (Å²) in [6, 6.07) is 10.2. The van der Waals surface area contributed by atoms with Crippen LogP contribution >= 0.6 is 11.6 Å². The molecule has 0 bridgehead atoms. The fraction of sp³-hybridized carbons (Fsp3) is 0.200. The Morgan fingerprint density at radius 3 is 2.62 bits per heavy atom. The van der Waals surface area contributed by atoms with Crippen LogP contribution in [0.15, 0.2) is 47.8 Å². The average molecular weight is 309 g/mol. The van der Waals surface area contributed by atoms with Gasteiger partial charge in [-0.3, -0.25) is 0 Å². The standard InChI is InChI=1S/C15H14ClFN2O2/c1-20-19-14(16)8-11-2-4-12(5-3-11)10-21-15-9-13(17)6-7-18-15/h2-7,9H,8,10H2,1H3/b19-14-. The zero-order valence-corrected chi connectivity index (χ0v) is 12.2. The Hall–Kier alpha value is -2.14. The Labute approximate surface area is 127 Å². The molecule has 2 aromatic rings. The van der Waals surface area contributed by atoms with Crippen molar-refractivity contribution in [3.8, 4) is 5.88 Å². The molecule has 1 aromatic carbocycles. The third kappa shape index (κ3) is 5.04. The van der Waals surface area contributed by atoms with Gasteiger partial charge in [-0.2, -0.15) is 0 Å². The van der Waals surface area contributed by atoms with E-state index in [1.165, 1.54) is 25.4 Å². The molecule has 0 spiro atoms. The van der Waals surface area contributed by atoms with E-state index in [-0.39, 0.29) is 11.7 Å². The molecule has 1 heterocycles. The molecule has 2 rings (SSSR count). The van der Waals surface area contributed by atoms with Gasteiger partial charge in [0.15, 0.2) is 0 Å². The third-order valence-corrected chi connectivity index (χ3v) is 2.85. The second-order valence-electron chi connectivity index (χ2n) is 4.24. The first kappa shape index (κ1) is 15.3. The molecular formula is C15H14ClFN2O2. The number of aromatic nitrogens is 1. The van der Waals surface area contributed by atoms with Crippen LogP contribution in [0.25, 0.3) is 0 Å². The molecule has 4 nitrogen and oxygen atoms in total. The third-order valence-electron chi connectivity index (χ3n) is 2.65. The number of halogens is 2. The lowest BCUT2D eigenvalue weighted by Gasteiger charge is -2.06. The van der Waals surface area contributed by atoms with Crippen LogP contribution in [0, 0.1) is 5.82 Å². The van der Waals surface area contributed by atoms with E-state index < -0.39 is 0 Å². The molecule has 0 saturated carbocycles. The van der Waals surface area contributed by atoms with Crippen LogP contribution < -0.4 is 4.74 Å². The van der Waals surface area contributed by atoms with E-state index in [4.69, 9.17) is 16.3 Å². The van der Waals surface area contributed by atoms with Gasteiger partial charge in [-0.05, 0) is 17.2 Å². The second kappa shape index (κ2) is 7.59. The SMILES string of the molecule is CO/N=C(\Cl)Cc1ccc(COc2cc(F)ccn2)cc1. The fourth-order valence-electron chi connectivity index (χ4n) is 1.67. The molecule has 0 unspecified atom stereocenters. The molecule has 0 aliphatic carbocycles. The quantitative estimate of drug-likeness (QED) is 0.605. The molecule has 6 heteroatoms. The normalized spacial score (nSPS) is 11.3. The summed E-state index contributed by atoms with van der Waals surface area (Å²) in [5.41, 5.74) is 1.96. The van der Waals surface area contributed by atoms with E-state index in [9.17, 15) is 4.39 Å². The second-order valence-corrected chi connectivity index (χ2v) is 4.68. The topological polar surface area (TPSA) is 43.7 Å². The predicted molar refractivity (Wildman–Crippen MR) is 79.0 cm³/mol. The number of hydrogen-bond donors (Lipinski definition) is 0. The minimum atomic E-state index is -0.373. The van der Waals surface area contributed by atoms with Crippen LogP contribution in [0.3, 0.4) is 0 Å². The molecule has 1 aromatic heterocycles. The fourth-order valence-corrected chi connectivity index (χ4v) is 1.90. The number of ether oxygens (including phenoxy) is 1. The number of benzene rings is 1. The highest BCUT2D eigenvalue weighted by Crippen LogP contribution is 2.12. The van der Waals surface area contributed by atoms with Crippen molar-refractivity contribution >= 4 is 16.8 Å². The van der Waals surface area contributed by atoms with Crippen molar-refractivity contribution in [3.63, 3.8) is 0 Å². The van der Waals surface area contributed by atoms with Crippen LogP contribution in [-0.4, -0.2) is 17.3 Å². The summed E-state index contributed by atoms with van der Waals surface area (Å²) in [5, 5.41) is 4.02. The zero-order valence-electron chi connectivity index (χ0n) is 11.4. The summed E-state index contributed by atoms with van der Waals surface area (Å²) in [4.78, 5) is 8.52. The summed E-state index contributed by atoms with van der Waals surface area (Å²) < 4.78 is 18.4. The maximum Gasteiger partial charge on any atom is 0.216 e. The van der Waals surface area contributed by atoms with Gasteiger partial charge in [-0.25, -0.2) is 9.37 Å². The van der Waals surface area contributed by atoms with Crippen molar-refractivity contribution in [1.29, 1.82) is 0 Å². The lowest BCUT2D eigenvalue weighted by molar-refractivity contribution is 0.214. The summed E-state index contributed by atoms with van der Waals surface area (Å²) in [5.74, 6) is -0.114. The van der Waals surface area contributed by atoms with Crippen molar-refractivity contribution < 1.29 is 14.0 Å². The van der Waals surface area contributed by atoms with Crippen molar-refractivity contribution in [1.82, 2.24) is 4.98 Å². The highest BCUT2D eigenvalue weighted by molar-refractivity contribution is 6.65. The van der Waals surface area contributed by atoms with Gasteiger partial charge in [0.25, 0.3) is 0 Å². The number of rotatable bonds is 6. The largest absolute Gasteiger partial charge is 0.473 e. The summed E-state index contributed by atoms with van der Waals surface area (Å²) in [7, 11) is 1.45. The smallest absolute Gasteiger partial charge is 0.216 e. The van der Waals surface area contributed by atoms with Crippen LogP contribution in [0.5, 0.6) is 5.88 Å². The zero-order chi connectivity index (χ0) is 15.1. The minimum absolute atomic E-state index is 0.259. The summed E-state index contributed by atoms with van der Waals surface area (Å²) >= 11 is 5.87. The van der Waals surface area contributed by atoms with Crippen LogP contribution in [0.1, 0.15) is 11.1 Å². The molecule has 0 N–H and O–H groups in total. The van der Waals surface area contributed by atoms with Crippen molar-refractivity contribution in [2.45, 2.75) is 13.0 Å². The highest BCUT2D eigenvalue weighted by Gasteiger charge is 2.02. The summed E-state index contributed by atoms with van der Waals surface area (Å²) in [6.45, 7) is 0.316. The van der Waals surface area contributed by atoms with Crippen molar-refractivity contribution in [3.05, 3.63) is 59.5 Å². The van der Waals surface area contributed by atoms with E-state index in [0.717, 1.165) is 11.1 Å². The van der Waals surface area contributed by atoms with E-state index in [2.05, 4.69) is 15.0 Å². The van der Waals surface area contributed by atoms with Gasteiger partial charge < -0.3 is 9.57 Å². The van der Waals surface area contributed by atoms with Gasteiger partial charge in [0, 0.05) is 18.7 Å². The first-order chi connectivity index (χ1) is 10.2. The predicted octanol–water partition coefficient (Wildman–Crippen LogP) is 3.54. The lowest BCUT2D eigenvalue weighted by atomic mass is 10.1. The Kier molecular flexibility index (Phi) is 5.51. The van der Waals surface area contributed by atoms with Gasteiger partial charge in [-0.1, -0.05) is 41.0 Å². The van der Waals surface area contributed by atoms with Gasteiger partial charge in [0.05, 0.1) is 0 Å². The lowest BCUT2D eigenvalue weighted by Crippen LogP contribution is -1.99. The van der Waals surface area contributed by atoms with E-state index >= 15 is 0 Å². The molecule has 0 aliphatic rings. The minimum Gasteiger partial charge on any atom is -0.473 e. The molecule has 110 valence electrons.